The van der Waals surface area contributed by atoms with Gasteiger partial charge in [0.05, 0.1) is 19.6 Å². The number of rotatable bonds is 8. The summed E-state index contributed by atoms with van der Waals surface area (Å²) in [6, 6.07) is 0. The molecule has 6 nitrogen and oxygen atoms in total. The molecular weight excluding hydrogens is 239 g/mol. The van der Waals surface area contributed by atoms with E-state index in [4.69, 9.17) is 14.6 Å². The van der Waals surface area contributed by atoms with Gasteiger partial charge in [0.25, 0.3) is 0 Å². The van der Waals surface area contributed by atoms with Crippen LogP contribution in [0.4, 0.5) is 0 Å². The van der Waals surface area contributed by atoms with Gasteiger partial charge in [-0.2, -0.15) is 0 Å². The van der Waals surface area contributed by atoms with E-state index >= 15 is 0 Å². The van der Waals surface area contributed by atoms with Crippen LogP contribution in [0.15, 0.2) is 0 Å². The molecule has 0 amide bonds. The van der Waals surface area contributed by atoms with Crippen LogP contribution in [0.2, 0.25) is 0 Å². The fourth-order valence-corrected chi connectivity index (χ4v) is 0.604. The van der Waals surface area contributed by atoms with Gasteiger partial charge in [-0.15, -0.1) is 0 Å². The van der Waals surface area contributed by atoms with Crippen LogP contribution in [0.25, 0.3) is 0 Å². The predicted octanol–water partition coefficient (Wildman–Crippen LogP) is -3.34. The van der Waals surface area contributed by atoms with Crippen LogP contribution in [0, 0.1) is 0 Å². The van der Waals surface area contributed by atoms with Crippen molar-refractivity contribution >= 4 is 11.9 Å². The summed E-state index contributed by atoms with van der Waals surface area (Å²) in [7, 11) is 0. The van der Waals surface area contributed by atoms with Gasteiger partial charge in [0, 0.05) is 25.6 Å². The maximum absolute atomic E-state index is 9.79. The Balaban J connectivity index is -0.000000218. The molecule has 0 unspecified atom stereocenters. The summed E-state index contributed by atoms with van der Waals surface area (Å²) in [5, 5.41) is 17.7. The maximum atomic E-state index is 9.79. The minimum absolute atomic E-state index is 0. The molecule has 0 aliphatic rings. The first-order chi connectivity index (χ1) is 7.54. The van der Waals surface area contributed by atoms with Gasteiger partial charge in [-0.05, 0) is 13.8 Å². The third kappa shape index (κ3) is 31.3. The molecule has 0 saturated heterocycles. The Bertz CT molecular complexity index is 166. The normalized spacial score (nSPS) is 8.59. The van der Waals surface area contributed by atoms with Gasteiger partial charge in [-0.3, -0.25) is 4.79 Å². The maximum Gasteiger partial charge on any atom is 1.00 e. The fourth-order valence-electron chi connectivity index (χ4n) is 0.604. The predicted molar refractivity (Wildman–Crippen MR) is 54.9 cm³/mol. The van der Waals surface area contributed by atoms with Crippen molar-refractivity contribution in [1.29, 1.82) is 0 Å². The first-order valence-electron chi connectivity index (χ1n) is 5.11. The van der Waals surface area contributed by atoms with Gasteiger partial charge >= 0.3 is 35.5 Å². The average molecular weight is 258 g/mol. The van der Waals surface area contributed by atoms with Crippen LogP contribution in [0.5, 0.6) is 0 Å². The second-order valence-electron chi connectivity index (χ2n) is 2.66. The third-order valence-electron chi connectivity index (χ3n) is 1.32. The molecule has 0 atom stereocenters. The number of aliphatic carboxylic acids is 2. The van der Waals surface area contributed by atoms with E-state index in [2.05, 4.69) is 0 Å². The van der Waals surface area contributed by atoms with Crippen LogP contribution in [0.1, 0.15) is 26.7 Å². The van der Waals surface area contributed by atoms with Crippen molar-refractivity contribution in [2.45, 2.75) is 26.7 Å². The Kier molecular flexibility index (Phi) is 23.7. The van der Waals surface area contributed by atoms with Crippen molar-refractivity contribution in [2.75, 3.05) is 26.4 Å². The zero-order valence-corrected chi connectivity index (χ0v) is 12.7. The van der Waals surface area contributed by atoms with Gasteiger partial charge < -0.3 is 24.5 Å². The van der Waals surface area contributed by atoms with E-state index in [0.717, 1.165) is 0 Å². The van der Waals surface area contributed by atoms with E-state index in [1.165, 1.54) is 0 Å². The molecule has 0 bridgehead atoms. The Morgan fingerprint density at radius 1 is 1.06 bits per heavy atom. The van der Waals surface area contributed by atoms with Crippen molar-refractivity contribution in [3.8, 4) is 0 Å². The van der Waals surface area contributed by atoms with E-state index in [0.29, 0.717) is 19.8 Å². The summed E-state index contributed by atoms with van der Waals surface area (Å²) in [5.41, 5.74) is 0. The van der Waals surface area contributed by atoms with Crippen molar-refractivity contribution in [2.24, 2.45) is 0 Å². The molecule has 0 aromatic heterocycles. The largest absolute Gasteiger partial charge is 1.00 e. The molecule has 0 aromatic carbocycles. The summed E-state index contributed by atoms with van der Waals surface area (Å²) in [4.78, 5) is 19.5. The number of carbonyl (C=O) groups is 2. The smallest absolute Gasteiger partial charge is 0.550 e. The monoisotopic (exact) mass is 258 g/mol. The number of carboxylic acids is 2. The van der Waals surface area contributed by atoms with E-state index in [9.17, 15) is 14.7 Å². The zero-order chi connectivity index (χ0) is 12.8. The summed E-state index contributed by atoms with van der Waals surface area (Å²) in [6.45, 7) is 5.39. The zero-order valence-electron chi connectivity index (χ0n) is 10.7. The fraction of sp³-hybridized carbons (Fsp3) is 0.800. The summed E-state index contributed by atoms with van der Waals surface area (Å²) in [5.74, 6) is -1.86. The molecule has 0 aromatic rings. The molecule has 0 spiro atoms. The molecular formula is C10H19NaO6. The number of carboxylic acid groups (broad SMARTS) is 2. The minimum Gasteiger partial charge on any atom is -0.550 e. The quantitative estimate of drug-likeness (QED) is 0.361. The van der Waals surface area contributed by atoms with Crippen molar-refractivity contribution in [3.63, 3.8) is 0 Å². The second-order valence-corrected chi connectivity index (χ2v) is 2.66. The van der Waals surface area contributed by atoms with Crippen molar-refractivity contribution in [1.82, 2.24) is 0 Å². The van der Waals surface area contributed by atoms with Gasteiger partial charge in [0.1, 0.15) is 0 Å². The molecule has 0 radical (unpaired) electrons. The molecule has 0 aliphatic carbocycles. The van der Waals surface area contributed by atoms with E-state index in [1.807, 2.05) is 13.8 Å². The van der Waals surface area contributed by atoms with Crippen molar-refractivity contribution < 1.29 is 58.8 Å². The Hall–Kier alpha value is -0.140. The molecule has 1 N–H and O–H groups in total. The Morgan fingerprint density at radius 3 is 1.76 bits per heavy atom. The first-order valence-corrected chi connectivity index (χ1v) is 5.11. The average Bonchev–Trinajstić information content (AvgIpc) is 2.18. The molecule has 0 rings (SSSR count). The molecule has 96 valence electrons. The molecule has 0 heterocycles. The molecule has 0 fully saturated rings. The summed E-state index contributed by atoms with van der Waals surface area (Å²) >= 11 is 0. The van der Waals surface area contributed by atoms with Crippen molar-refractivity contribution in [3.05, 3.63) is 0 Å². The number of carbonyl (C=O) groups excluding carboxylic acids is 1. The van der Waals surface area contributed by atoms with Gasteiger partial charge in [0.2, 0.25) is 0 Å². The van der Waals surface area contributed by atoms with Crippen LogP contribution < -0.4 is 34.7 Å². The summed E-state index contributed by atoms with van der Waals surface area (Å²) in [6.07, 6.45) is 0.0989. The first kappa shape index (κ1) is 22.1. The second kappa shape index (κ2) is 18.2. The van der Waals surface area contributed by atoms with E-state index in [1.54, 1.807) is 0 Å². The van der Waals surface area contributed by atoms with Gasteiger partial charge in [0.15, 0.2) is 0 Å². The van der Waals surface area contributed by atoms with Gasteiger partial charge in [-0.1, -0.05) is 0 Å². The molecule has 0 aliphatic heterocycles. The standard InChI is InChI=1S/2C5H10O3.Na/c2*1-2-8-4-3-5(6)7;/h2*2-4H2,1H3,(H,6,7);/q;;+1/p-1. The minimum atomic E-state index is -1.06. The van der Waals surface area contributed by atoms with Crippen LogP contribution in [-0.2, 0) is 19.1 Å². The number of hydrogen-bond donors (Lipinski definition) is 1. The molecule has 17 heavy (non-hydrogen) atoms. The number of hydrogen-bond acceptors (Lipinski definition) is 5. The Labute approximate surface area is 124 Å². The SMILES string of the molecule is CCOCCC(=O)O.CCOCCC(=O)[O-].[Na+]. The van der Waals surface area contributed by atoms with Gasteiger partial charge in [-0.25, -0.2) is 0 Å². The topological polar surface area (TPSA) is 95.9 Å². The van der Waals surface area contributed by atoms with Crippen LogP contribution in [0.3, 0.4) is 0 Å². The van der Waals surface area contributed by atoms with E-state index < -0.39 is 11.9 Å². The van der Waals surface area contributed by atoms with E-state index in [-0.39, 0.29) is 49.0 Å². The number of ether oxygens (including phenoxy) is 2. The molecule has 7 heteroatoms. The van der Waals surface area contributed by atoms with Crippen LogP contribution in [-0.4, -0.2) is 43.5 Å². The third-order valence-corrected chi connectivity index (χ3v) is 1.32. The Morgan fingerprint density at radius 2 is 1.47 bits per heavy atom. The molecule has 0 saturated carbocycles. The summed E-state index contributed by atoms with van der Waals surface area (Å²) < 4.78 is 9.49. The van der Waals surface area contributed by atoms with Crippen LogP contribution >= 0.6 is 0 Å².